The highest BCUT2D eigenvalue weighted by Gasteiger charge is 2.11. The molecule has 100 valence electrons. The van der Waals surface area contributed by atoms with E-state index < -0.39 is 0 Å². The molecule has 0 amide bonds. The molecule has 1 saturated heterocycles. The number of methoxy groups -OCH3 is 1. The molecule has 3 heteroatoms. The lowest BCUT2D eigenvalue weighted by Gasteiger charge is -2.15. The van der Waals surface area contributed by atoms with Gasteiger partial charge in [0.25, 0.3) is 0 Å². The Labute approximate surface area is 109 Å². The lowest BCUT2D eigenvalue weighted by Crippen LogP contribution is -2.28. The summed E-state index contributed by atoms with van der Waals surface area (Å²) in [5.41, 5.74) is 2.57. The number of nitrogens with one attached hydrogen (secondary N) is 1. The van der Waals surface area contributed by atoms with Crippen molar-refractivity contribution in [3.8, 4) is 0 Å². The van der Waals surface area contributed by atoms with Crippen molar-refractivity contribution in [1.82, 2.24) is 5.32 Å². The fraction of sp³-hybridized carbons (Fsp3) is 0.600. The van der Waals surface area contributed by atoms with Gasteiger partial charge in [-0.15, -0.1) is 0 Å². The number of hydrogen-bond acceptors (Lipinski definition) is 3. The van der Waals surface area contributed by atoms with E-state index >= 15 is 0 Å². The zero-order valence-corrected chi connectivity index (χ0v) is 11.2. The first-order valence-corrected chi connectivity index (χ1v) is 6.76. The molecule has 0 radical (unpaired) electrons. The molecule has 2 rings (SSSR count). The smallest absolute Gasteiger partial charge is 0.0713 e. The second-order valence-electron chi connectivity index (χ2n) is 4.87. The lowest BCUT2D eigenvalue weighted by atomic mass is 10.1. The van der Waals surface area contributed by atoms with Gasteiger partial charge >= 0.3 is 0 Å². The Hall–Kier alpha value is -0.900. The van der Waals surface area contributed by atoms with Crippen molar-refractivity contribution in [2.75, 3.05) is 20.3 Å². The first kappa shape index (κ1) is 13.5. The van der Waals surface area contributed by atoms with Gasteiger partial charge in [0.1, 0.15) is 0 Å². The Morgan fingerprint density at radius 2 is 2.17 bits per heavy atom. The van der Waals surface area contributed by atoms with Crippen LogP contribution in [0, 0.1) is 0 Å². The first-order valence-electron chi connectivity index (χ1n) is 6.76. The Balaban J connectivity index is 1.83. The standard InChI is InChI=1S/C15H23NO2/c1-17-12-14-5-2-4-13(10-14)11-16-15-6-3-8-18-9-7-15/h2,4-5,10,15-16H,3,6-9,11-12H2,1H3. The third kappa shape index (κ3) is 4.41. The van der Waals surface area contributed by atoms with Crippen LogP contribution in [0.5, 0.6) is 0 Å². The number of ether oxygens (including phenoxy) is 2. The second-order valence-corrected chi connectivity index (χ2v) is 4.87. The summed E-state index contributed by atoms with van der Waals surface area (Å²) in [6.45, 7) is 3.43. The summed E-state index contributed by atoms with van der Waals surface area (Å²) in [6.07, 6.45) is 3.51. The van der Waals surface area contributed by atoms with Gasteiger partial charge in [0.15, 0.2) is 0 Å². The molecule has 0 aromatic heterocycles. The molecule has 1 fully saturated rings. The van der Waals surface area contributed by atoms with Crippen molar-refractivity contribution in [3.63, 3.8) is 0 Å². The van der Waals surface area contributed by atoms with Crippen LogP contribution in [0.1, 0.15) is 30.4 Å². The molecule has 1 aliphatic rings. The van der Waals surface area contributed by atoms with Crippen LogP contribution in [-0.2, 0) is 22.6 Å². The average molecular weight is 249 g/mol. The lowest BCUT2D eigenvalue weighted by molar-refractivity contribution is 0.142. The van der Waals surface area contributed by atoms with Gasteiger partial charge in [-0.05, 0) is 30.4 Å². The predicted octanol–water partition coefficient (Wildman–Crippen LogP) is 2.49. The van der Waals surface area contributed by atoms with Gasteiger partial charge in [0.05, 0.1) is 6.61 Å². The number of benzene rings is 1. The van der Waals surface area contributed by atoms with Crippen molar-refractivity contribution >= 4 is 0 Å². The molecular formula is C15H23NO2. The minimum absolute atomic E-state index is 0.596. The van der Waals surface area contributed by atoms with Gasteiger partial charge in [0.2, 0.25) is 0 Å². The Morgan fingerprint density at radius 3 is 3.06 bits per heavy atom. The summed E-state index contributed by atoms with van der Waals surface area (Å²) < 4.78 is 10.6. The van der Waals surface area contributed by atoms with Crippen LogP contribution in [0.15, 0.2) is 24.3 Å². The molecule has 0 saturated carbocycles. The van der Waals surface area contributed by atoms with Gasteiger partial charge in [-0.25, -0.2) is 0 Å². The van der Waals surface area contributed by atoms with Crippen molar-refractivity contribution in [2.45, 2.75) is 38.5 Å². The van der Waals surface area contributed by atoms with Crippen molar-refractivity contribution in [1.29, 1.82) is 0 Å². The SMILES string of the molecule is COCc1cccc(CNC2CCCOCC2)c1. The van der Waals surface area contributed by atoms with E-state index in [-0.39, 0.29) is 0 Å². The summed E-state index contributed by atoms with van der Waals surface area (Å²) in [5.74, 6) is 0. The minimum Gasteiger partial charge on any atom is -0.381 e. The van der Waals surface area contributed by atoms with E-state index in [4.69, 9.17) is 9.47 Å². The number of rotatable bonds is 5. The second kappa shape index (κ2) is 7.52. The molecule has 1 heterocycles. The zero-order valence-electron chi connectivity index (χ0n) is 11.2. The third-order valence-corrected chi connectivity index (χ3v) is 3.35. The molecule has 0 aliphatic carbocycles. The van der Waals surface area contributed by atoms with Crippen LogP contribution in [-0.4, -0.2) is 26.4 Å². The predicted molar refractivity (Wildman–Crippen MR) is 72.5 cm³/mol. The maximum atomic E-state index is 5.47. The molecule has 1 unspecified atom stereocenters. The molecule has 1 aliphatic heterocycles. The van der Waals surface area contributed by atoms with Crippen molar-refractivity contribution in [2.24, 2.45) is 0 Å². The molecule has 1 aromatic carbocycles. The maximum absolute atomic E-state index is 5.47. The molecule has 3 nitrogen and oxygen atoms in total. The van der Waals surface area contributed by atoms with Gasteiger partial charge in [-0.3, -0.25) is 0 Å². The fourth-order valence-corrected chi connectivity index (χ4v) is 2.37. The first-order chi connectivity index (χ1) is 8.88. The largest absolute Gasteiger partial charge is 0.381 e. The molecule has 18 heavy (non-hydrogen) atoms. The van der Waals surface area contributed by atoms with Crippen LogP contribution in [0.25, 0.3) is 0 Å². The van der Waals surface area contributed by atoms with Gasteiger partial charge < -0.3 is 14.8 Å². The van der Waals surface area contributed by atoms with Crippen molar-refractivity contribution in [3.05, 3.63) is 35.4 Å². The van der Waals surface area contributed by atoms with E-state index in [0.29, 0.717) is 12.6 Å². The van der Waals surface area contributed by atoms with Crippen LogP contribution >= 0.6 is 0 Å². The Morgan fingerprint density at radius 1 is 1.28 bits per heavy atom. The summed E-state index contributed by atoms with van der Waals surface area (Å²) in [6, 6.07) is 9.18. The molecule has 0 spiro atoms. The summed E-state index contributed by atoms with van der Waals surface area (Å²) >= 11 is 0. The van der Waals surface area contributed by atoms with Crippen LogP contribution in [0.3, 0.4) is 0 Å². The van der Waals surface area contributed by atoms with Crippen molar-refractivity contribution < 1.29 is 9.47 Å². The van der Waals surface area contributed by atoms with E-state index in [2.05, 4.69) is 29.6 Å². The average Bonchev–Trinajstić information content (AvgIpc) is 2.66. The third-order valence-electron chi connectivity index (χ3n) is 3.35. The zero-order chi connectivity index (χ0) is 12.6. The molecule has 0 bridgehead atoms. The highest BCUT2D eigenvalue weighted by atomic mass is 16.5. The van der Waals surface area contributed by atoms with Gasteiger partial charge in [-0.1, -0.05) is 24.3 Å². The highest BCUT2D eigenvalue weighted by Crippen LogP contribution is 2.10. The van der Waals surface area contributed by atoms with E-state index in [1.54, 1.807) is 7.11 Å². The van der Waals surface area contributed by atoms with E-state index in [0.717, 1.165) is 26.2 Å². The van der Waals surface area contributed by atoms with Gasteiger partial charge in [-0.2, -0.15) is 0 Å². The van der Waals surface area contributed by atoms with E-state index in [1.807, 2.05) is 0 Å². The summed E-state index contributed by atoms with van der Waals surface area (Å²) in [7, 11) is 1.73. The summed E-state index contributed by atoms with van der Waals surface area (Å²) in [5, 5.41) is 3.63. The normalized spacial score (nSPS) is 20.6. The molecular weight excluding hydrogens is 226 g/mol. The quantitative estimate of drug-likeness (QED) is 0.869. The highest BCUT2D eigenvalue weighted by molar-refractivity contribution is 5.22. The van der Waals surface area contributed by atoms with E-state index in [9.17, 15) is 0 Å². The van der Waals surface area contributed by atoms with Crippen LogP contribution in [0.4, 0.5) is 0 Å². The molecule has 1 N–H and O–H groups in total. The molecule has 1 aromatic rings. The van der Waals surface area contributed by atoms with E-state index in [1.165, 1.54) is 24.0 Å². The fourth-order valence-electron chi connectivity index (χ4n) is 2.37. The minimum atomic E-state index is 0.596. The number of hydrogen-bond donors (Lipinski definition) is 1. The maximum Gasteiger partial charge on any atom is 0.0713 e. The Kier molecular flexibility index (Phi) is 5.65. The monoisotopic (exact) mass is 249 g/mol. The Bertz CT molecular complexity index is 346. The summed E-state index contributed by atoms with van der Waals surface area (Å²) in [4.78, 5) is 0. The molecule has 1 atom stereocenters. The van der Waals surface area contributed by atoms with Gasteiger partial charge in [0, 0.05) is 32.9 Å². The topological polar surface area (TPSA) is 30.5 Å². The van der Waals surface area contributed by atoms with Crippen LogP contribution in [0.2, 0.25) is 0 Å². The van der Waals surface area contributed by atoms with Crippen LogP contribution < -0.4 is 5.32 Å².